The second-order valence-corrected chi connectivity index (χ2v) is 8.62. The van der Waals surface area contributed by atoms with Crippen molar-refractivity contribution in [3.63, 3.8) is 0 Å². The summed E-state index contributed by atoms with van der Waals surface area (Å²) in [5, 5.41) is 2.66. The van der Waals surface area contributed by atoms with Crippen molar-refractivity contribution in [3.8, 4) is 0 Å². The van der Waals surface area contributed by atoms with E-state index in [1.54, 1.807) is 41.8 Å². The van der Waals surface area contributed by atoms with E-state index in [1.807, 2.05) is 0 Å². The average molecular weight is 390 g/mol. The van der Waals surface area contributed by atoms with Crippen LogP contribution in [0.3, 0.4) is 0 Å². The van der Waals surface area contributed by atoms with Crippen LogP contribution in [0, 0.1) is 0 Å². The summed E-state index contributed by atoms with van der Waals surface area (Å²) in [5.74, 6) is -0.635. The third-order valence-corrected chi connectivity index (χ3v) is 6.36. The number of aromatic nitrogens is 2. The van der Waals surface area contributed by atoms with Gasteiger partial charge in [-0.3, -0.25) is 14.0 Å². The minimum absolute atomic E-state index is 0.0367. The van der Waals surface area contributed by atoms with Crippen LogP contribution in [0.1, 0.15) is 34.5 Å². The summed E-state index contributed by atoms with van der Waals surface area (Å²) in [4.78, 5) is 31.4. The first kappa shape index (κ1) is 19.1. The van der Waals surface area contributed by atoms with Crippen LogP contribution in [0.2, 0.25) is 0 Å². The van der Waals surface area contributed by atoms with Crippen LogP contribution in [0.5, 0.6) is 0 Å². The van der Waals surface area contributed by atoms with Crippen molar-refractivity contribution in [1.82, 2.24) is 19.6 Å². The van der Waals surface area contributed by atoms with Gasteiger partial charge < -0.3 is 10.2 Å². The molecule has 2 amide bonds. The van der Waals surface area contributed by atoms with Gasteiger partial charge in [0.2, 0.25) is 5.82 Å². The zero-order valence-electron chi connectivity index (χ0n) is 15.1. The Kier molecular flexibility index (Phi) is 5.31. The number of rotatable bonds is 6. The standard InChI is InChI=1S/C18H22N4O4S/c1-3-9-19-17(23)16-20-15(14-7-5-6-10-22(14)16)18(24)21(4-2)13-8-11-27(25,26)12-13/h3,5-7,10,13H,1,4,8-9,11-12H2,2H3,(H,19,23). The average Bonchev–Trinajstić information content (AvgIpc) is 3.20. The van der Waals surface area contributed by atoms with Crippen LogP contribution in [-0.2, 0) is 9.84 Å². The van der Waals surface area contributed by atoms with E-state index in [9.17, 15) is 18.0 Å². The summed E-state index contributed by atoms with van der Waals surface area (Å²) in [6.45, 7) is 6.01. The van der Waals surface area contributed by atoms with Crippen LogP contribution >= 0.6 is 0 Å². The van der Waals surface area contributed by atoms with Crippen molar-refractivity contribution in [1.29, 1.82) is 0 Å². The SMILES string of the molecule is C=CCNC(=O)c1nc(C(=O)N(CC)C2CCS(=O)(=O)C2)c2ccccn12. The molecule has 27 heavy (non-hydrogen) atoms. The van der Waals surface area contributed by atoms with Gasteiger partial charge in [0.05, 0.1) is 17.0 Å². The van der Waals surface area contributed by atoms with Crippen LogP contribution in [0.4, 0.5) is 0 Å². The molecule has 1 unspecified atom stereocenters. The summed E-state index contributed by atoms with van der Waals surface area (Å²) in [6, 6.07) is 4.85. The van der Waals surface area contributed by atoms with Gasteiger partial charge >= 0.3 is 0 Å². The molecule has 0 bridgehead atoms. The van der Waals surface area contributed by atoms with Crippen LogP contribution in [0.25, 0.3) is 5.52 Å². The molecule has 3 heterocycles. The zero-order chi connectivity index (χ0) is 19.6. The topological polar surface area (TPSA) is 101 Å². The molecule has 2 aromatic heterocycles. The molecular formula is C18H22N4O4S. The molecule has 3 rings (SSSR count). The van der Waals surface area contributed by atoms with Crippen LogP contribution < -0.4 is 5.32 Å². The van der Waals surface area contributed by atoms with Crippen LogP contribution in [0.15, 0.2) is 37.1 Å². The van der Waals surface area contributed by atoms with Gasteiger partial charge in [-0.2, -0.15) is 0 Å². The van der Waals surface area contributed by atoms with Crippen molar-refractivity contribution >= 4 is 27.2 Å². The van der Waals surface area contributed by atoms with E-state index < -0.39 is 15.7 Å². The maximum atomic E-state index is 13.1. The Bertz CT molecular complexity index is 996. The van der Waals surface area contributed by atoms with Crippen molar-refractivity contribution in [2.24, 2.45) is 0 Å². The Morgan fingerprint density at radius 2 is 2.22 bits per heavy atom. The molecular weight excluding hydrogens is 368 g/mol. The lowest BCUT2D eigenvalue weighted by Gasteiger charge is -2.26. The molecule has 1 atom stereocenters. The molecule has 1 N–H and O–H groups in total. The lowest BCUT2D eigenvalue weighted by atomic mass is 10.2. The minimum atomic E-state index is -3.12. The van der Waals surface area contributed by atoms with E-state index >= 15 is 0 Å². The Morgan fingerprint density at radius 3 is 2.85 bits per heavy atom. The number of amides is 2. The highest BCUT2D eigenvalue weighted by atomic mass is 32.2. The van der Waals surface area contributed by atoms with Gasteiger partial charge in [-0.1, -0.05) is 12.1 Å². The third kappa shape index (κ3) is 3.73. The Labute approximate surface area is 157 Å². The second kappa shape index (κ2) is 7.51. The molecule has 0 radical (unpaired) electrons. The number of carbonyl (C=O) groups excluding carboxylic acids is 2. The van der Waals surface area contributed by atoms with Gasteiger partial charge in [0.25, 0.3) is 11.8 Å². The second-order valence-electron chi connectivity index (χ2n) is 6.39. The molecule has 0 saturated carbocycles. The summed E-state index contributed by atoms with van der Waals surface area (Å²) in [7, 11) is -3.12. The van der Waals surface area contributed by atoms with Crippen LogP contribution in [-0.4, -0.2) is 65.2 Å². The number of hydrogen-bond acceptors (Lipinski definition) is 5. The molecule has 0 aliphatic carbocycles. The number of carbonyl (C=O) groups is 2. The largest absolute Gasteiger partial charge is 0.346 e. The summed E-state index contributed by atoms with van der Waals surface area (Å²) < 4.78 is 25.2. The predicted molar refractivity (Wildman–Crippen MR) is 101 cm³/mol. The first-order valence-corrected chi connectivity index (χ1v) is 10.6. The zero-order valence-corrected chi connectivity index (χ0v) is 15.9. The normalized spacial score (nSPS) is 18.3. The monoisotopic (exact) mass is 390 g/mol. The fourth-order valence-electron chi connectivity index (χ4n) is 3.32. The molecule has 144 valence electrons. The fraction of sp³-hybridized carbons (Fsp3) is 0.389. The van der Waals surface area contributed by atoms with Gasteiger partial charge in [-0.25, -0.2) is 13.4 Å². The highest BCUT2D eigenvalue weighted by Crippen LogP contribution is 2.22. The molecule has 2 aromatic rings. The number of fused-ring (bicyclic) bond motifs is 1. The van der Waals surface area contributed by atoms with Crippen molar-refractivity contribution in [3.05, 3.63) is 48.6 Å². The smallest absolute Gasteiger partial charge is 0.287 e. The fourth-order valence-corrected chi connectivity index (χ4v) is 5.05. The first-order chi connectivity index (χ1) is 12.9. The van der Waals surface area contributed by atoms with E-state index in [-0.39, 0.29) is 41.5 Å². The van der Waals surface area contributed by atoms with Gasteiger partial charge in [0.1, 0.15) is 0 Å². The predicted octanol–water partition coefficient (Wildman–Crippen LogP) is 0.899. The number of pyridine rings is 1. The lowest BCUT2D eigenvalue weighted by molar-refractivity contribution is 0.0705. The number of nitrogens with zero attached hydrogens (tertiary/aromatic N) is 3. The molecule has 1 fully saturated rings. The molecule has 9 heteroatoms. The summed E-state index contributed by atoms with van der Waals surface area (Å²) >= 11 is 0. The molecule has 0 aromatic carbocycles. The number of nitrogens with one attached hydrogen (secondary N) is 1. The Morgan fingerprint density at radius 1 is 1.44 bits per heavy atom. The number of imidazole rings is 1. The molecule has 1 saturated heterocycles. The van der Waals surface area contributed by atoms with E-state index in [4.69, 9.17) is 0 Å². The van der Waals surface area contributed by atoms with Gasteiger partial charge in [0.15, 0.2) is 15.5 Å². The Balaban J connectivity index is 1.99. The Hall–Kier alpha value is -2.68. The van der Waals surface area contributed by atoms with Crippen molar-refractivity contribution in [2.75, 3.05) is 24.6 Å². The number of sulfone groups is 1. The highest BCUT2D eigenvalue weighted by molar-refractivity contribution is 7.91. The van der Waals surface area contributed by atoms with E-state index in [2.05, 4.69) is 16.9 Å². The summed E-state index contributed by atoms with van der Waals surface area (Å²) in [5.41, 5.74) is 0.649. The van der Waals surface area contributed by atoms with E-state index in [0.717, 1.165) is 0 Å². The van der Waals surface area contributed by atoms with Crippen molar-refractivity contribution < 1.29 is 18.0 Å². The number of hydrogen-bond donors (Lipinski definition) is 1. The molecule has 1 aliphatic rings. The van der Waals surface area contributed by atoms with Gasteiger partial charge in [0, 0.05) is 25.3 Å². The first-order valence-electron chi connectivity index (χ1n) is 8.75. The maximum Gasteiger partial charge on any atom is 0.287 e. The molecule has 1 aliphatic heterocycles. The summed E-state index contributed by atoms with van der Waals surface area (Å²) in [6.07, 6.45) is 3.64. The minimum Gasteiger partial charge on any atom is -0.346 e. The molecule has 0 spiro atoms. The van der Waals surface area contributed by atoms with Gasteiger partial charge in [-0.15, -0.1) is 6.58 Å². The maximum absolute atomic E-state index is 13.1. The quantitative estimate of drug-likeness (QED) is 0.739. The third-order valence-electron chi connectivity index (χ3n) is 4.61. The lowest BCUT2D eigenvalue weighted by Crippen LogP contribution is -2.41. The molecule has 8 nitrogen and oxygen atoms in total. The van der Waals surface area contributed by atoms with E-state index in [1.165, 1.54) is 4.90 Å². The highest BCUT2D eigenvalue weighted by Gasteiger charge is 2.35. The van der Waals surface area contributed by atoms with E-state index in [0.29, 0.717) is 18.5 Å². The van der Waals surface area contributed by atoms with Gasteiger partial charge in [-0.05, 0) is 25.5 Å². The van der Waals surface area contributed by atoms with Crippen molar-refractivity contribution in [2.45, 2.75) is 19.4 Å².